The van der Waals surface area contributed by atoms with Gasteiger partial charge in [-0.25, -0.2) is 4.79 Å². The van der Waals surface area contributed by atoms with Gasteiger partial charge in [-0.05, 0) is 55.0 Å². The number of anilines is 2. The molecule has 1 saturated heterocycles. The molecule has 3 amide bonds. The van der Waals surface area contributed by atoms with Gasteiger partial charge in [0.25, 0.3) is 5.91 Å². The number of likely N-dealkylation sites (tertiary alicyclic amines) is 1. The average molecular weight is 615 g/mol. The van der Waals surface area contributed by atoms with Crippen molar-refractivity contribution in [2.45, 2.75) is 24.4 Å². The molecular weight excluding hydrogens is 590 g/mol. The number of Topliss-reactive ketones (excluding diaryl/α,β-unsaturated/α-hetero) is 1. The van der Waals surface area contributed by atoms with Crippen LogP contribution in [-0.2, 0) is 10.3 Å². The molecule has 0 radical (unpaired) electrons. The van der Waals surface area contributed by atoms with Gasteiger partial charge in [-0.1, -0.05) is 88.2 Å². The Labute approximate surface area is 245 Å². The van der Waals surface area contributed by atoms with Crippen molar-refractivity contribution in [3.8, 4) is 0 Å². The van der Waals surface area contributed by atoms with Gasteiger partial charge in [0.05, 0.1) is 5.92 Å². The maximum absolute atomic E-state index is 14.6. The Hall–Kier alpha value is -3.94. The zero-order valence-electron chi connectivity index (χ0n) is 21.5. The van der Waals surface area contributed by atoms with Gasteiger partial charge >= 0.3 is 6.03 Å². The molecule has 2 N–H and O–H groups in total. The van der Waals surface area contributed by atoms with E-state index in [0.29, 0.717) is 27.5 Å². The van der Waals surface area contributed by atoms with Crippen LogP contribution in [0.25, 0.3) is 0 Å². The zero-order chi connectivity index (χ0) is 28.0. The Morgan fingerprint density at radius 1 is 0.900 bits per heavy atom. The van der Waals surface area contributed by atoms with Crippen LogP contribution < -0.4 is 10.6 Å². The molecule has 0 bridgehead atoms. The van der Waals surface area contributed by atoms with Gasteiger partial charge in [-0.3, -0.25) is 9.59 Å². The molecule has 200 valence electrons. The van der Waals surface area contributed by atoms with Crippen molar-refractivity contribution in [2.24, 2.45) is 5.92 Å². The van der Waals surface area contributed by atoms with Crippen LogP contribution in [0.5, 0.6) is 0 Å². The minimum Gasteiger partial charge on any atom is -0.323 e. The summed E-state index contributed by atoms with van der Waals surface area (Å²) in [6.45, 7) is 1.90. The summed E-state index contributed by atoms with van der Waals surface area (Å²) in [7, 11) is 0. The number of fused-ring (bicyclic) bond motifs is 2. The number of amides is 3. The number of rotatable bonds is 4. The lowest BCUT2D eigenvalue weighted by molar-refractivity contribution is -0.126. The smallest absolute Gasteiger partial charge is 0.323 e. The van der Waals surface area contributed by atoms with Crippen LogP contribution in [0.4, 0.5) is 16.2 Å². The molecule has 8 heteroatoms. The predicted octanol–water partition coefficient (Wildman–Crippen LogP) is 7.47. The first-order valence-electron chi connectivity index (χ1n) is 12.9. The summed E-state index contributed by atoms with van der Waals surface area (Å²) in [5, 5.41) is 6.52. The molecule has 1 spiro atoms. The summed E-state index contributed by atoms with van der Waals surface area (Å²) in [4.78, 5) is 44.7. The third-order valence-corrected chi connectivity index (χ3v) is 8.74. The highest BCUT2D eigenvalue weighted by atomic mass is 79.9. The summed E-state index contributed by atoms with van der Waals surface area (Å²) in [5.41, 5.74) is 1.47. The SMILES string of the molecule is CC1C(c2ccc(Cl)cc2)C(C(=O)c2ccccc2)C2(C(=O)Nc3ccccc32)N1C(=O)Nc1ccc(Br)cc1. The van der Waals surface area contributed by atoms with E-state index in [4.69, 9.17) is 11.6 Å². The van der Waals surface area contributed by atoms with E-state index in [-0.39, 0.29) is 5.78 Å². The molecule has 0 aromatic heterocycles. The second kappa shape index (κ2) is 10.2. The third-order valence-electron chi connectivity index (χ3n) is 7.96. The second-order valence-corrected chi connectivity index (χ2v) is 11.5. The molecule has 6 nitrogen and oxygen atoms in total. The van der Waals surface area contributed by atoms with Crippen molar-refractivity contribution in [2.75, 3.05) is 10.6 Å². The van der Waals surface area contributed by atoms with Gasteiger partial charge in [0.2, 0.25) is 0 Å². The van der Waals surface area contributed by atoms with Crippen molar-refractivity contribution in [3.05, 3.63) is 129 Å². The summed E-state index contributed by atoms with van der Waals surface area (Å²) in [5.74, 6) is -2.03. The van der Waals surface area contributed by atoms with E-state index in [1.807, 2.05) is 55.5 Å². The minimum atomic E-state index is -1.59. The molecule has 0 saturated carbocycles. The lowest BCUT2D eigenvalue weighted by Crippen LogP contribution is -2.57. The quantitative estimate of drug-likeness (QED) is 0.234. The lowest BCUT2D eigenvalue weighted by atomic mass is 9.69. The number of hydrogen-bond donors (Lipinski definition) is 2. The van der Waals surface area contributed by atoms with Gasteiger partial charge < -0.3 is 15.5 Å². The summed E-state index contributed by atoms with van der Waals surface area (Å²) in [6.07, 6.45) is 0. The van der Waals surface area contributed by atoms with Crippen LogP contribution >= 0.6 is 27.5 Å². The fraction of sp³-hybridized carbons (Fsp3) is 0.156. The molecule has 40 heavy (non-hydrogen) atoms. The van der Waals surface area contributed by atoms with Crippen LogP contribution in [-0.4, -0.2) is 28.7 Å². The summed E-state index contributed by atoms with van der Waals surface area (Å²) in [6, 6.07) is 29.7. The van der Waals surface area contributed by atoms with E-state index in [1.165, 1.54) is 0 Å². The maximum Gasteiger partial charge on any atom is 0.323 e. The number of urea groups is 1. The highest BCUT2D eigenvalue weighted by Gasteiger charge is 2.69. The largest absolute Gasteiger partial charge is 0.323 e. The molecule has 4 unspecified atom stereocenters. The molecule has 2 aliphatic rings. The Kier molecular flexibility index (Phi) is 6.72. The molecule has 2 aliphatic heterocycles. The van der Waals surface area contributed by atoms with E-state index >= 15 is 0 Å². The minimum absolute atomic E-state index is 0.210. The van der Waals surface area contributed by atoms with Crippen molar-refractivity contribution in [3.63, 3.8) is 0 Å². The molecule has 4 atom stereocenters. The Balaban J connectivity index is 1.59. The number of benzene rings is 4. The number of carbonyl (C=O) groups is 3. The van der Waals surface area contributed by atoms with Gasteiger partial charge in [-0.15, -0.1) is 0 Å². The summed E-state index contributed by atoms with van der Waals surface area (Å²) < 4.78 is 0.872. The Bertz CT molecular complexity index is 1610. The molecule has 1 fully saturated rings. The standard InChI is InChI=1S/C32H25BrClN3O3/c1-19-27(20-11-15-23(34)16-12-20)28(29(38)21-7-3-2-4-8-21)32(25-9-5-6-10-26(25)36-30(32)39)37(19)31(40)35-24-17-13-22(33)14-18-24/h2-19,27-28H,1H3,(H,35,40)(H,36,39). The number of hydrogen-bond acceptors (Lipinski definition) is 3. The highest BCUT2D eigenvalue weighted by molar-refractivity contribution is 9.10. The molecule has 2 heterocycles. The van der Waals surface area contributed by atoms with E-state index in [9.17, 15) is 14.4 Å². The molecule has 4 aromatic rings. The van der Waals surface area contributed by atoms with E-state index in [2.05, 4.69) is 26.6 Å². The lowest BCUT2D eigenvalue weighted by Gasteiger charge is -2.38. The Morgan fingerprint density at radius 3 is 2.25 bits per heavy atom. The van der Waals surface area contributed by atoms with Crippen LogP contribution in [0.15, 0.2) is 108 Å². The molecular formula is C32H25BrClN3O3. The van der Waals surface area contributed by atoms with Gasteiger partial charge in [0.15, 0.2) is 11.3 Å². The monoisotopic (exact) mass is 613 g/mol. The van der Waals surface area contributed by atoms with E-state index in [0.717, 1.165) is 10.0 Å². The number of carbonyl (C=O) groups excluding carboxylic acids is 3. The Morgan fingerprint density at radius 2 is 1.55 bits per heavy atom. The number of para-hydroxylation sites is 1. The molecule has 0 aliphatic carbocycles. The summed E-state index contributed by atoms with van der Waals surface area (Å²) >= 11 is 9.66. The molecule has 4 aromatic carbocycles. The third kappa shape index (κ3) is 4.12. The first-order valence-corrected chi connectivity index (χ1v) is 14.1. The van der Waals surface area contributed by atoms with Crippen LogP contribution in [0.3, 0.4) is 0 Å². The predicted molar refractivity (Wildman–Crippen MR) is 160 cm³/mol. The van der Waals surface area contributed by atoms with Gasteiger partial charge in [0.1, 0.15) is 0 Å². The topological polar surface area (TPSA) is 78.5 Å². The fourth-order valence-electron chi connectivity index (χ4n) is 6.34. The number of nitrogens with zero attached hydrogens (tertiary/aromatic N) is 1. The maximum atomic E-state index is 14.6. The van der Waals surface area contributed by atoms with Gasteiger partial charge in [-0.2, -0.15) is 0 Å². The first kappa shape index (κ1) is 26.3. The van der Waals surface area contributed by atoms with Crippen molar-refractivity contribution in [1.29, 1.82) is 0 Å². The zero-order valence-corrected chi connectivity index (χ0v) is 23.8. The van der Waals surface area contributed by atoms with Crippen molar-refractivity contribution >= 4 is 56.6 Å². The second-order valence-electron chi connectivity index (χ2n) is 10.1. The first-order chi connectivity index (χ1) is 19.3. The van der Waals surface area contributed by atoms with Gasteiger partial charge in [0, 0.05) is 44.0 Å². The van der Waals surface area contributed by atoms with Crippen molar-refractivity contribution in [1.82, 2.24) is 4.90 Å². The van der Waals surface area contributed by atoms with Crippen LogP contribution in [0.2, 0.25) is 5.02 Å². The number of halogens is 2. The number of nitrogens with one attached hydrogen (secondary N) is 2. The normalized spacial score (nSPS) is 23.1. The fourth-order valence-corrected chi connectivity index (χ4v) is 6.73. The van der Waals surface area contributed by atoms with Crippen LogP contribution in [0.1, 0.15) is 34.3 Å². The number of ketones is 1. The average Bonchev–Trinajstić information content (AvgIpc) is 3.41. The van der Waals surface area contributed by atoms with E-state index < -0.39 is 35.4 Å². The highest BCUT2D eigenvalue weighted by Crippen LogP contribution is 2.59. The molecule has 6 rings (SSSR count). The van der Waals surface area contributed by atoms with Crippen molar-refractivity contribution < 1.29 is 14.4 Å². The van der Waals surface area contributed by atoms with E-state index in [1.54, 1.807) is 59.5 Å². The van der Waals surface area contributed by atoms with Crippen LogP contribution in [0, 0.1) is 5.92 Å².